The molecule has 19 heavy (non-hydrogen) atoms. The fraction of sp³-hybridized carbons (Fsp3) is 0.600. The van der Waals surface area contributed by atoms with E-state index >= 15 is 0 Å². The molecule has 1 saturated heterocycles. The number of aliphatic hydroxyl groups is 1. The number of aliphatic hydroxyl groups excluding tert-OH is 1. The minimum atomic E-state index is -0.680. The van der Waals surface area contributed by atoms with Crippen molar-refractivity contribution in [3.63, 3.8) is 0 Å². The van der Waals surface area contributed by atoms with Gasteiger partial charge >= 0.3 is 0 Å². The van der Waals surface area contributed by atoms with Gasteiger partial charge in [0.15, 0.2) is 0 Å². The van der Waals surface area contributed by atoms with Crippen molar-refractivity contribution in [1.82, 2.24) is 0 Å². The Balaban J connectivity index is 2.11. The van der Waals surface area contributed by atoms with Crippen LogP contribution in [-0.4, -0.2) is 31.4 Å². The van der Waals surface area contributed by atoms with Gasteiger partial charge in [-0.3, -0.25) is 0 Å². The lowest BCUT2D eigenvalue weighted by atomic mass is 10.1. The highest BCUT2D eigenvalue weighted by Gasteiger charge is 2.19. The SMILES string of the molecule is CC(O)c1cc(F)ccc1N(C)CC1CCCCO1. The standard InChI is InChI=1S/C15H22FNO2/c1-11(18)14-9-12(16)6-7-15(14)17(2)10-13-5-3-4-8-19-13/h6-7,9,11,13,18H,3-5,8,10H2,1-2H3. The van der Waals surface area contributed by atoms with Crippen molar-refractivity contribution in [1.29, 1.82) is 0 Å². The molecule has 0 radical (unpaired) electrons. The summed E-state index contributed by atoms with van der Waals surface area (Å²) in [5.74, 6) is -0.318. The van der Waals surface area contributed by atoms with Crippen molar-refractivity contribution in [2.45, 2.75) is 38.4 Å². The zero-order chi connectivity index (χ0) is 13.8. The third kappa shape index (κ3) is 3.67. The maximum Gasteiger partial charge on any atom is 0.123 e. The van der Waals surface area contributed by atoms with Gasteiger partial charge in [-0.15, -0.1) is 0 Å². The van der Waals surface area contributed by atoms with Crippen LogP contribution >= 0.6 is 0 Å². The topological polar surface area (TPSA) is 32.7 Å². The molecule has 106 valence electrons. The molecule has 1 aliphatic heterocycles. The van der Waals surface area contributed by atoms with Crippen LogP contribution in [-0.2, 0) is 4.74 Å². The second kappa shape index (κ2) is 6.35. The van der Waals surface area contributed by atoms with Crippen LogP contribution in [0.4, 0.5) is 10.1 Å². The van der Waals surface area contributed by atoms with Crippen LogP contribution in [0.15, 0.2) is 18.2 Å². The predicted molar refractivity (Wildman–Crippen MR) is 73.9 cm³/mol. The van der Waals surface area contributed by atoms with E-state index in [1.807, 2.05) is 11.9 Å². The summed E-state index contributed by atoms with van der Waals surface area (Å²) in [5.41, 5.74) is 1.49. The maximum absolute atomic E-state index is 13.3. The fourth-order valence-electron chi connectivity index (χ4n) is 2.56. The molecule has 0 aromatic heterocycles. The van der Waals surface area contributed by atoms with E-state index in [0.717, 1.165) is 31.7 Å². The molecule has 1 aromatic carbocycles. The van der Waals surface area contributed by atoms with Gasteiger partial charge in [-0.2, -0.15) is 0 Å². The molecule has 4 heteroatoms. The second-order valence-corrected chi connectivity index (χ2v) is 5.25. The summed E-state index contributed by atoms with van der Waals surface area (Å²) >= 11 is 0. The number of rotatable bonds is 4. The van der Waals surface area contributed by atoms with Crippen molar-refractivity contribution in [2.24, 2.45) is 0 Å². The number of nitrogens with zero attached hydrogens (tertiary/aromatic N) is 1. The first kappa shape index (κ1) is 14.3. The Morgan fingerprint density at radius 1 is 1.47 bits per heavy atom. The Kier molecular flexibility index (Phi) is 4.77. The quantitative estimate of drug-likeness (QED) is 0.910. The highest BCUT2D eigenvalue weighted by atomic mass is 19.1. The zero-order valence-electron chi connectivity index (χ0n) is 11.6. The molecule has 2 unspecified atom stereocenters. The van der Waals surface area contributed by atoms with Crippen molar-refractivity contribution in [3.05, 3.63) is 29.6 Å². The zero-order valence-corrected chi connectivity index (χ0v) is 11.6. The number of halogens is 1. The van der Waals surface area contributed by atoms with Gasteiger partial charge in [0.1, 0.15) is 5.82 Å². The Hall–Kier alpha value is -1.13. The van der Waals surface area contributed by atoms with E-state index in [-0.39, 0.29) is 11.9 Å². The van der Waals surface area contributed by atoms with Crippen LogP contribution in [0.2, 0.25) is 0 Å². The lowest BCUT2D eigenvalue weighted by molar-refractivity contribution is 0.0215. The molecule has 1 aliphatic rings. The van der Waals surface area contributed by atoms with Gasteiger partial charge in [-0.05, 0) is 44.4 Å². The molecule has 0 spiro atoms. The number of hydrogen-bond acceptors (Lipinski definition) is 3. The van der Waals surface area contributed by atoms with Crippen molar-refractivity contribution in [3.8, 4) is 0 Å². The maximum atomic E-state index is 13.3. The van der Waals surface area contributed by atoms with E-state index in [1.54, 1.807) is 13.0 Å². The Morgan fingerprint density at radius 2 is 2.26 bits per heavy atom. The average molecular weight is 267 g/mol. The fourth-order valence-corrected chi connectivity index (χ4v) is 2.56. The number of likely N-dealkylation sites (N-methyl/N-ethyl adjacent to an activating group) is 1. The summed E-state index contributed by atoms with van der Waals surface area (Å²) in [6.45, 7) is 3.25. The summed E-state index contributed by atoms with van der Waals surface area (Å²) in [6, 6.07) is 4.55. The van der Waals surface area contributed by atoms with Gasteiger partial charge in [-0.1, -0.05) is 0 Å². The third-order valence-electron chi connectivity index (χ3n) is 3.60. The van der Waals surface area contributed by atoms with Crippen LogP contribution in [0.3, 0.4) is 0 Å². The first-order valence-corrected chi connectivity index (χ1v) is 6.88. The molecule has 0 bridgehead atoms. The minimum absolute atomic E-state index is 0.227. The summed E-state index contributed by atoms with van der Waals surface area (Å²) in [6.07, 6.45) is 2.95. The highest BCUT2D eigenvalue weighted by Crippen LogP contribution is 2.27. The first-order chi connectivity index (χ1) is 9.08. The molecule has 0 aliphatic carbocycles. The normalized spacial score (nSPS) is 21.2. The van der Waals surface area contributed by atoms with Gasteiger partial charge in [0.25, 0.3) is 0 Å². The third-order valence-corrected chi connectivity index (χ3v) is 3.60. The molecule has 3 nitrogen and oxygen atoms in total. The number of anilines is 1. The molecule has 0 amide bonds. The van der Waals surface area contributed by atoms with Gasteiger partial charge in [-0.25, -0.2) is 4.39 Å². The first-order valence-electron chi connectivity index (χ1n) is 6.88. The van der Waals surface area contributed by atoms with Crippen LogP contribution in [0, 0.1) is 5.82 Å². The predicted octanol–water partition coefficient (Wildman–Crippen LogP) is 2.88. The molecule has 1 heterocycles. The van der Waals surface area contributed by atoms with Crippen molar-refractivity contribution >= 4 is 5.69 Å². The summed E-state index contributed by atoms with van der Waals surface area (Å²) < 4.78 is 19.0. The molecule has 1 fully saturated rings. The Labute approximate surface area is 114 Å². The van der Waals surface area contributed by atoms with E-state index in [2.05, 4.69) is 0 Å². The van der Waals surface area contributed by atoms with Crippen LogP contribution in [0.5, 0.6) is 0 Å². The largest absolute Gasteiger partial charge is 0.389 e. The summed E-state index contributed by atoms with van der Waals surface area (Å²) in [7, 11) is 1.96. The smallest absolute Gasteiger partial charge is 0.123 e. The van der Waals surface area contributed by atoms with Crippen molar-refractivity contribution < 1.29 is 14.2 Å². The van der Waals surface area contributed by atoms with Crippen LogP contribution in [0.1, 0.15) is 37.9 Å². The van der Waals surface area contributed by atoms with E-state index in [9.17, 15) is 9.50 Å². The van der Waals surface area contributed by atoms with E-state index < -0.39 is 6.10 Å². The number of ether oxygens (including phenoxy) is 1. The molecular weight excluding hydrogens is 245 g/mol. The highest BCUT2D eigenvalue weighted by molar-refractivity contribution is 5.54. The summed E-state index contributed by atoms with van der Waals surface area (Å²) in [5, 5.41) is 9.76. The van der Waals surface area contributed by atoms with Gasteiger partial charge in [0.2, 0.25) is 0 Å². The molecule has 1 aromatic rings. The lowest BCUT2D eigenvalue weighted by Crippen LogP contribution is -2.33. The van der Waals surface area contributed by atoms with E-state index in [4.69, 9.17) is 4.74 Å². The molecule has 2 rings (SSSR count). The van der Waals surface area contributed by atoms with Crippen LogP contribution in [0.25, 0.3) is 0 Å². The summed E-state index contributed by atoms with van der Waals surface area (Å²) in [4.78, 5) is 2.04. The molecule has 2 atom stereocenters. The molecular formula is C15H22FNO2. The van der Waals surface area contributed by atoms with Gasteiger partial charge in [0, 0.05) is 31.5 Å². The number of hydrogen-bond donors (Lipinski definition) is 1. The molecule has 1 N–H and O–H groups in total. The monoisotopic (exact) mass is 267 g/mol. The van der Waals surface area contributed by atoms with E-state index in [1.165, 1.54) is 18.6 Å². The van der Waals surface area contributed by atoms with Gasteiger partial charge in [0.05, 0.1) is 12.2 Å². The second-order valence-electron chi connectivity index (χ2n) is 5.25. The lowest BCUT2D eigenvalue weighted by Gasteiger charge is -2.30. The molecule has 0 saturated carbocycles. The van der Waals surface area contributed by atoms with Crippen LogP contribution < -0.4 is 4.90 Å². The van der Waals surface area contributed by atoms with E-state index in [0.29, 0.717) is 5.56 Å². The minimum Gasteiger partial charge on any atom is -0.389 e. The van der Waals surface area contributed by atoms with Crippen molar-refractivity contribution in [2.75, 3.05) is 25.1 Å². The van der Waals surface area contributed by atoms with Gasteiger partial charge < -0.3 is 14.7 Å². The Bertz CT molecular complexity index is 417. The average Bonchev–Trinajstić information content (AvgIpc) is 2.39. The number of benzene rings is 1. The Morgan fingerprint density at radius 3 is 2.89 bits per heavy atom.